The number of carbonyl (C=O) groups excluding carboxylic acids is 1. The van der Waals surface area contributed by atoms with Crippen molar-refractivity contribution in [2.24, 2.45) is 0 Å². The third-order valence-electron chi connectivity index (χ3n) is 1.83. The molecule has 1 rings (SSSR count). The number of methoxy groups -OCH3 is 1. The van der Waals surface area contributed by atoms with Crippen LogP contribution in [0.1, 0.15) is 12.0 Å². The highest BCUT2D eigenvalue weighted by molar-refractivity contribution is 5.72. The Morgan fingerprint density at radius 2 is 2.33 bits per heavy atom. The maximum atomic E-state index is 11.3. The Labute approximate surface area is 89.2 Å². The minimum Gasteiger partial charge on any atom is -0.465 e. The summed E-state index contributed by atoms with van der Waals surface area (Å²) in [5.41, 5.74) is 0.870. The van der Waals surface area contributed by atoms with Crippen LogP contribution >= 0.6 is 0 Å². The lowest BCUT2D eigenvalue weighted by Gasteiger charge is -2.03. The van der Waals surface area contributed by atoms with E-state index in [1.165, 1.54) is 0 Å². The van der Waals surface area contributed by atoms with Crippen molar-refractivity contribution >= 4 is 5.97 Å². The van der Waals surface area contributed by atoms with Crippen molar-refractivity contribution in [1.29, 1.82) is 0 Å². The van der Waals surface area contributed by atoms with Gasteiger partial charge < -0.3 is 9.47 Å². The van der Waals surface area contributed by atoms with E-state index in [9.17, 15) is 4.79 Å². The van der Waals surface area contributed by atoms with E-state index in [1.54, 1.807) is 25.6 Å². The predicted molar refractivity (Wildman–Crippen MR) is 55.4 cm³/mol. The van der Waals surface area contributed by atoms with Crippen LogP contribution in [0.4, 0.5) is 0 Å². The second-order valence-corrected chi connectivity index (χ2v) is 3.10. The molecule has 0 saturated heterocycles. The van der Waals surface area contributed by atoms with Crippen molar-refractivity contribution in [3.63, 3.8) is 0 Å². The van der Waals surface area contributed by atoms with Gasteiger partial charge in [0.05, 0.1) is 13.0 Å². The zero-order valence-electron chi connectivity index (χ0n) is 8.81. The van der Waals surface area contributed by atoms with Gasteiger partial charge in [-0.05, 0) is 11.6 Å². The molecule has 0 N–H and O–H groups in total. The average Bonchev–Trinajstić information content (AvgIpc) is 2.26. The molecular weight excluding hydrogens is 194 g/mol. The number of nitrogens with zero attached hydrogens (tertiary/aromatic N) is 1. The number of ether oxygens (including phenoxy) is 2. The predicted octanol–water partition coefficient (Wildman–Crippen LogP) is 1.20. The molecule has 0 aliphatic carbocycles. The zero-order valence-corrected chi connectivity index (χ0v) is 8.81. The molecule has 1 heterocycles. The van der Waals surface area contributed by atoms with Crippen molar-refractivity contribution in [2.75, 3.05) is 20.3 Å². The molecule has 15 heavy (non-hydrogen) atoms. The number of esters is 1. The third-order valence-corrected chi connectivity index (χ3v) is 1.83. The Hall–Kier alpha value is -1.42. The van der Waals surface area contributed by atoms with E-state index in [2.05, 4.69) is 4.98 Å². The van der Waals surface area contributed by atoms with Crippen LogP contribution in [-0.4, -0.2) is 31.3 Å². The number of rotatable bonds is 6. The van der Waals surface area contributed by atoms with E-state index < -0.39 is 0 Å². The minimum atomic E-state index is -0.223. The van der Waals surface area contributed by atoms with Crippen LogP contribution in [0.25, 0.3) is 0 Å². The van der Waals surface area contributed by atoms with Crippen LogP contribution in [0, 0.1) is 0 Å². The molecule has 1 aromatic heterocycles. The van der Waals surface area contributed by atoms with Gasteiger partial charge in [-0.3, -0.25) is 9.78 Å². The fraction of sp³-hybridized carbons (Fsp3) is 0.455. The molecule has 1 aromatic rings. The van der Waals surface area contributed by atoms with E-state index in [0.29, 0.717) is 13.2 Å². The largest absolute Gasteiger partial charge is 0.465 e. The molecule has 4 nitrogen and oxygen atoms in total. The lowest BCUT2D eigenvalue weighted by atomic mass is 10.2. The minimum absolute atomic E-state index is 0.223. The Kier molecular flexibility index (Phi) is 5.40. The molecule has 0 amide bonds. The molecule has 0 spiro atoms. The van der Waals surface area contributed by atoms with Crippen LogP contribution in [0.2, 0.25) is 0 Å². The van der Waals surface area contributed by atoms with Crippen LogP contribution in [0.3, 0.4) is 0 Å². The highest BCUT2D eigenvalue weighted by atomic mass is 16.5. The number of aromatic nitrogens is 1. The summed E-state index contributed by atoms with van der Waals surface area (Å²) >= 11 is 0. The van der Waals surface area contributed by atoms with E-state index in [-0.39, 0.29) is 12.4 Å². The van der Waals surface area contributed by atoms with Gasteiger partial charge in [-0.2, -0.15) is 0 Å². The number of carbonyl (C=O) groups is 1. The standard InChI is InChI=1S/C11H15NO3/c1-14-6-3-7-15-11(13)8-10-4-2-5-12-9-10/h2,4-5,9H,3,6-8H2,1H3. The molecule has 0 aromatic carbocycles. The number of hydrogen-bond acceptors (Lipinski definition) is 4. The first-order chi connectivity index (χ1) is 7.33. The molecule has 82 valence electrons. The van der Waals surface area contributed by atoms with Gasteiger partial charge in [0.15, 0.2) is 0 Å². The highest BCUT2D eigenvalue weighted by Crippen LogP contribution is 1.98. The fourth-order valence-corrected chi connectivity index (χ4v) is 1.11. The summed E-state index contributed by atoms with van der Waals surface area (Å²) in [6.45, 7) is 1.02. The van der Waals surface area contributed by atoms with E-state index in [0.717, 1.165) is 12.0 Å². The third kappa shape index (κ3) is 5.12. The van der Waals surface area contributed by atoms with Gasteiger partial charge in [-0.25, -0.2) is 0 Å². The molecule has 0 saturated carbocycles. The Morgan fingerprint density at radius 3 is 3.00 bits per heavy atom. The maximum Gasteiger partial charge on any atom is 0.310 e. The second-order valence-electron chi connectivity index (χ2n) is 3.10. The summed E-state index contributed by atoms with van der Waals surface area (Å²) < 4.78 is 9.84. The lowest BCUT2D eigenvalue weighted by molar-refractivity contribution is -0.143. The van der Waals surface area contributed by atoms with Crippen LogP contribution < -0.4 is 0 Å². The van der Waals surface area contributed by atoms with Crippen LogP contribution in [-0.2, 0) is 20.7 Å². The van der Waals surface area contributed by atoms with E-state index in [4.69, 9.17) is 9.47 Å². The molecule has 0 radical (unpaired) electrons. The van der Waals surface area contributed by atoms with E-state index in [1.807, 2.05) is 6.07 Å². The summed E-state index contributed by atoms with van der Waals surface area (Å²) in [6.07, 6.45) is 4.35. The maximum absolute atomic E-state index is 11.3. The molecule has 0 unspecified atom stereocenters. The van der Waals surface area contributed by atoms with Crippen LogP contribution in [0.15, 0.2) is 24.5 Å². The van der Waals surface area contributed by atoms with Crippen molar-refractivity contribution in [3.8, 4) is 0 Å². The smallest absolute Gasteiger partial charge is 0.310 e. The van der Waals surface area contributed by atoms with Crippen molar-refractivity contribution < 1.29 is 14.3 Å². The van der Waals surface area contributed by atoms with Crippen molar-refractivity contribution in [2.45, 2.75) is 12.8 Å². The number of pyridine rings is 1. The van der Waals surface area contributed by atoms with Gasteiger partial charge in [0, 0.05) is 32.5 Å². The van der Waals surface area contributed by atoms with Crippen LogP contribution in [0.5, 0.6) is 0 Å². The molecule has 0 aliphatic heterocycles. The zero-order chi connectivity index (χ0) is 10.9. The summed E-state index contributed by atoms with van der Waals surface area (Å²) in [5, 5.41) is 0. The summed E-state index contributed by atoms with van der Waals surface area (Å²) in [6, 6.07) is 3.65. The quantitative estimate of drug-likeness (QED) is 0.522. The van der Waals surface area contributed by atoms with Gasteiger partial charge >= 0.3 is 5.97 Å². The molecular formula is C11H15NO3. The van der Waals surface area contributed by atoms with Crippen molar-refractivity contribution in [3.05, 3.63) is 30.1 Å². The first-order valence-electron chi connectivity index (χ1n) is 4.86. The summed E-state index contributed by atoms with van der Waals surface area (Å²) in [4.78, 5) is 15.2. The Balaban J connectivity index is 2.19. The van der Waals surface area contributed by atoms with Gasteiger partial charge in [0.25, 0.3) is 0 Å². The molecule has 0 bridgehead atoms. The molecule has 4 heteroatoms. The number of hydrogen-bond donors (Lipinski definition) is 0. The summed E-state index contributed by atoms with van der Waals surface area (Å²) in [7, 11) is 1.62. The fourth-order valence-electron chi connectivity index (χ4n) is 1.11. The topological polar surface area (TPSA) is 48.4 Å². The molecule has 0 fully saturated rings. The molecule has 0 atom stereocenters. The average molecular weight is 209 g/mol. The monoisotopic (exact) mass is 209 g/mol. The molecule has 0 aliphatic rings. The van der Waals surface area contributed by atoms with Gasteiger partial charge in [-0.1, -0.05) is 6.07 Å². The van der Waals surface area contributed by atoms with Gasteiger partial charge in [0.1, 0.15) is 0 Å². The Bertz CT molecular complexity index is 287. The highest BCUT2D eigenvalue weighted by Gasteiger charge is 2.03. The second kappa shape index (κ2) is 6.95. The Morgan fingerprint density at radius 1 is 1.47 bits per heavy atom. The normalized spacial score (nSPS) is 9.93. The lowest BCUT2D eigenvalue weighted by Crippen LogP contribution is -2.10. The van der Waals surface area contributed by atoms with Gasteiger partial charge in [-0.15, -0.1) is 0 Å². The van der Waals surface area contributed by atoms with Crippen molar-refractivity contribution in [1.82, 2.24) is 4.98 Å². The first kappa shape index (κ1) is 11.7. The van der Waals surface area contributed by atoms with E-state index >= 15 is 0 Å². The first-order valence-corrected chi connectivity index (χ1v) is 4.86. The van der Waals surface area contributed by atoms with Gasteiger partial charge in [0.2, 0.25) is 0 Å². The summed E-state index contributed by atoms with van der Waals surface area (Å²) in [5.74, 6) is -0.223. The SMILES string of the molecule is COCCCOC(=O)Cc1cccnc1.